The SMILES string of the molecule is CCCCCC1CCC(CCc2ccc(C(F)(F)C(F)(F)C(F)(F)C(F)(F)C(F)(F)C(F)(F)C(F)(F)C(F)(F)F)cc2)CC1. The van der Waals surface area contributed by atoms with Crippen LogP contribution in [0.25, 0.3) is 0 Å². The fraction of sp³-hybridized carbons (Fsp3) is 0.778. The summed E-state index contributed by atoms with van der Waals surface area (Å²) in [6.07, 6.45) is 0.979. The lowest BCUT2D eigenvalue weighted by atomic mass is 9.77. The van der Waals surface area contributed by atoms with E-state index in [9.17, 15) is 74.6 Å². The summed E-state index contributed by atoms with van der Waals surface area (Å²) in [7, 11) is 0. The third kappa shape index (κ3) is 6.48. The van der Waals surface area contributed by atoms with Gasteiger partial charge in [0.15, 0.2) is 0 Å². The van der Waals surface area contributed by atoms with Crippen LogP contribution in [0.4, 0.5) is 74.6 Å². The molecule has 1 fully saturated rings. The summed E-state index contributed by atoms with van der Waals surface area (Å²) >= 11 is 0. The van der Waals surface area contributed by atoms with E-state index in [1.807, 2.05) is 0 Å². The second kappa shape index (κ2) is 12.7. The molecule has 1 aromatic carbocycles. The molecule has 0 aliphatic heterocycles. The maximum absolute atomic E-state index is 14.5. The lowest BCUT2D eigenvalue weighted by Gasteiger charge is -2.42. The van der Waals surface area contributed by atoms with Gasteiger partial charge in [0.1, 0.15) is 0 Å². The Bertz CT molecular complexity index is 1060. The van der Waals surface area contributed by atoms with Gasteiger partial charge in [-0.1, -0.05) is 82.6 Å². The number of unbranched alkanes of at least 4 members (excludes halogenated alkanes) is 2. The van der Waals surface area contributed by atoms with Crippen LogP contribution < -0.4 is 0 Å². The Labute approximate surface area is 241 Å². The molecule has 0 atom stereocenters. The van der Waals surface area contributed by atoms with Crippen LogP contribution in [0.3, 0.4) is 0 Å². The van der Waals surface area contributed by atoms with Crippen molar-refractivity contribution in [3.8, 4) is 0 Å². The van der Waals surface area contributed by atoms with Crippen molar-refractivity contribution in [2.75, 3.05) is 0 Å². The number of halogens is 17. The molecule has 1 aliphatic rings. The number of hydrogen-bond donors (Lipinski definition) is 0. The van der Waals surface area contributed by atoms with Crippen molar-refractivity contribution in [1.82, 2.24) is 0 Å². The van der Waals surface area contributed by atoms with Gasteiger partial charge < -0.3 is 0 Å². The van der Waals surface area contributed by atoms with Gasteiger partial charge >= 0.3 is 47.6 Å². The van der Waals surface area contributed by atoms with Crippen LogP contribution in [0.2, 0.25) is 0 Å². The normalized spacial score (nSPS) is 20.2. The molecule has 0 N–H and O–H groups in total. The zero-order valence-corrected chi connectivity index (χ0v) is 23.0. The lowest BCUT2D eigenvalue weighted by molar-refractivity contribution is -0.462. The first kappa shape index (κ1) is 38.2. The summed E-state index contributed by atoms with van der Waals surface area (Å²) < 4.78 is 230. The Balaban J connectivity index is 2.23. The van der Waals surface area contributed by atoms with Gasteiger partial charge in [0.05, 0.1) is 0 Å². The quantitative estimate of drug-likeness (QED) is 0.136. The molecule has 0 heterocycles. The van der Waals surface area contributed by atoms with Crippen LogP contribution in [-0.2, 0) is 12.3 Å². The number of hydrogen-bond acceptors (Lipinski definition) is 0. The molecule has 1 saturated carbocycles. The fourth-order valence-corrected chi connectivity index (χ4v) is 5.09. The maximum Gasteiger partial charge on any atom is 0.460 e. The van der Waals surface area contributed by atoms with Crippen molar-refractivity contribution in [1.29, 1.82) is 0 Å². The van der Waals surface area contributed by atoms with Crippen molar-refractivity contribution >= 4 is 0 Å². The molecule has 0 unspecified atom stereocenters. The molecule has 0 spiro atoms. The molecule has 0 amide bonds. The Kier molecular flexibility index (Phi) is 11.0. The topological polar surface area (TPSA) is 0 Å². The number of benzene rings is 1. The smallest absolute Gasteiger partial charge is 0.194 e. The van der Waals surface area contributed by atoms with Crippen LogP contribution in [0, 0.1) is 11.8 Å². The number of alkyl halides is 17. The van der Waals surface area contributed by atoms with E-state index in [1.54, 1.807) is 0 Å². The van der Waals surface area contributed by atoms with E-state index in [0.717, 1.165) is 63.5 Å². The number of rotatable bonds is 14. The highest BCUT2D eigenvalue weighted by Gasteiger charge is 2.95. The van der Waals surface area contributed by atoms with Gasteiger partial charge in [-0.05, 0) is 30.2 Å². The average molecular weight is 676 g/mol. The van der Waals surface area contributed by atoms with Gasteiger partial charge in [-0.25, -0.2) is 0 Å². The Morgan fingerprint density at radius 2 is 0.886 bits per heavy atom. The molecule has 0 saturated heterocycles. The van der Waals surface area contributed by atoms with Gasteiger partial charge in [-0.3, -0.25) is 0 Å². The molecule has 2 rings (SSSR count). The van der Waals surface area contributed by atoms with Gasteiger partial charge in [-0.15, -0.1) is 0 Å². The summed E-state index contributed by atoms with van der Waals surface area (Å²) in [5, 5.41) is 0. The Morgan fingerprint density at radius 1 is 0.500 bits per heavy atom. The number of aryl methyl sites for hydroxylation is 1. The molecule has 17 heteroatoms. The van der Waals surface area contributed by atoms with Crippen LogP contribution in [0.5, 0.6) is 0 Å². The summed E-state index contributed by atoms with van der Waals surface area (Å²) in [5.74, 6) is -55.6. The minimum atomic E-state index is -8.62. The minimum Gasteiger partial charge on any atom is -0.194 e. The van der Waals surface area contributed by atoms with Crippen molar-refractivity contribution in [3.63, 3.8) is 0 Å². The van der Waals surface area contributed by atoms with E-state index in [1.165, 1.54) is 0 Å². The first-order chi connectivity index (χ1) is 19.7. The molecule has 256 valence electrons. The van der Waals surface area contributed by atoms with Crippen LogP contribution in [0.1, 0.15) is 75.8 Å². The largest absolute Gasteiger partial charge is 0.460 e. The third-order valence-corrected chi connectivity index (χ3v) is 8.06. The lowest BCUT2D eigenvalue weighted by Crippen LogP contribution is -2.74. The average Bonchev–Trinajstić information content (AvgIpc) is 2.91. The van der Waals surface area contributed by atoms with Crippen molar-refractivity contribution in [3.05, 3.63) is 35.4 Å². The van der Waals surface area contributed by atoms with Crippen molar-refractivity contribution in [2.24, 2.45) is 11.8 Å². The first-order valence-corrected chi connectivity index (χ1v) is 13.5. The van der Waals surface area contributed by atoms with Crippen LogP contribution in [0.15, 0.2) is 24.3 Å². The monoisotopic (exact) mass is 676 g/mol. The highest BCUT2D eigenvalue weighted by molar-refractivity contribution is 5.29. The van der Waals surface area contributed by atoms with Gasteiger partial charge in [-0.2, -0.15) is 74.6 Å². The third-order valence-electron chi connectivity index (χ3n) is 8.06. The van der Waals surface area contributed by atoms with E-state index in [-0.39, 0.29) is 30.0 Å². The van der Waals surface area contributed by atoms with E-state index in [4.69, 9.17) is 0 Å². The second-order valence-corrected chi connectivity index (χ2v) is 11.1. The summed E-state index contributed by atoms with van der Waals surface area (Å²) in [5.41, 5.74) is -1.97. The second-order valence-electron chi connectivity index (χ2n) is 11.1. The van der Waals surface area contributed by atoms with Crippen molar-refractivity contribution < 1.29 is 74.6 Å². The van der Waals surface area contributed by atoms with E-state index >= 15 is 0 Å². The zero-order chi connectivity index (χ0) is 34.2. The Hall–Kier alpha value is -1.97. The summed E-state index contributed by atoms with van der Waals surface area (Å²) in [6.45, 7) is 2.08. The predicted molar refractivity (Wildman–Crippen MR) is 124 cm³/mol. The van der Waals surface area contributed by atoms with E-state index in [0.29, 0.717) is 12.3 Å². The molecule has 0 aromatic heterocycles. The van der Waals surface area contributed by atoms with E-state index < -0.39 is 53.2 Å². The highest BCUT2D eigenvalue weighted by Crippen LogP contribution is 2.65. The summed E-state index contributed by atoms with van der Waals surface area (Å²) in [6, 6.07) is 1.57. The standard InChI is InChI=1S/C27H29F17/c1-2-3-4-5-16-6-8-17(9-7-16)10-11-18-12-14-19(15-13-18)20(28,29)21(30,31)22(32,33)23(34,35)24(36,37)25(38,39)26(40,41)27(42,43)44/h12-17H,2-11H2,1H3. The van der Waals surface area contributed by atoms with E-state index in [2.05, 4.69) is 6.92 Å². The van der Waals surface area contributed by atoms with Gasteiger partial charge in [0.25, 0.3) is 0 Å². The molecule has 1 aliphatic carbocycles. The highest BCUT2D eigenvalue weighted by atomic mass is 19.4. The molecular formula is C27H29F17. The molecule has 0 bridgehead atoms. The van der Waals surface area contributed by atoms with Crippen LogP contribution >= 0.6 is 0 Å². The predicted octanol–water partition coefficient (Wildman–Crippen LogP) is 11.5. The molecular weight excluding hydrogens is 647 g/mol. The molecule has 0 radical (unpaired) electrons. The molecule has 1 aromatic rings. The minimum absolute atomic E-state index is 0.0622. The molecule has 44 heavy (non-hydrogen) atoms. The maximum atomic E-state index is 14.5. The van der Waals surface area contributed by atoms with Crippen LogP contribution in [-0.4, -0.2) is 41.7 Å². The Morgan fingerprint density at radius 3 is 1.30 bits per heavy atom. The van der Waals surface area contributed by atoms with Gasteiger partial charge in [0.2, 0.25) is 0 Å². The molecule has 0 nitrogen and oxygen atoms in total. The fourth-order valence-electron chi connectivity index (χ4n) is 5.09. The first-order valence-electron chi connectivity index (χ1n) is 13.5. The summed E-state index contributed by atoms with van der Waals surface area (Å²) in [4.78, 5) is 0. The van der Waals surface area contributed by atoms with Gasteiger partial charge in [0, 0.05) is 5.56 Å². The zero-order valence-electron chi connectivity index (χ0n) is 23.0. The van der Waals surface area contributed by atoms with Crippen molar-refractivity contribution in [2.45, 2.75) is 119 Å².